The fourth-order valence-corrected chi connectivity index (χ4v) is 9.35. The van der Waals surface area contributed by atoms with Gasteiger partial charge in [0.05, 0.1) is 32.4 Å². The molecule has 5 nitrogen and oxygen atoms in total. The highest BCUT2D eigenvalue weighted by Gasteiger charge is 2.49. The van der Waals surface area contributed by atoms with Gasteiger partial charge in [-0.3, -0.25) is 0 Å². The molecule has 0 aromatic heterocycles. The first-order valence-corrected chi connectivity index (χ1v) is 17.1. The number of nitrogens with zero attached hydrogens (tertiary/aromatic N) is 1. The molecule has 5 heterocycles. The summed E-state index contributed by atoms with van der Waals surface area (Å²) >= 11 is 1.30. The van der Waals surface area contributed by atoms with E-state index < -0.39 is 17.2 Å². The molecule has 0 unspecified atom stereocenters. The van der Waals surface area contributed by atoms with Crippen LogP contribution >= 0.6 is 11.8 Å². The molecule has 6 aromatic carbocycles. The van der Waals surface area contributed by atoms with Gasteiger partial charge < -0.3 is 23.8 Å². The minimum Gasteiger partial charge on any atom is -0.458 e. The van der Waals surface area contributed by atoms with Crippen LogP contribution in [0.5, 0.6) is 46.0 Å². The summed E-state index contributed by atoms with van der Waals surface area (Å²) in [5.41, 5.74) is 4.82. The van der Waals surface area contributed by atoms with Crippen molar-refractivity contribution >= 4 is 51.9 Å². The smallest absolute Gasteiger partial charge is 0.420 e. The third kappa shape index (κ3) is 3.61. The summed E-state index contributed by atoms with van der Waals surface area (Å²) in [6.45, 7) is 3.80. The zero-order valence-corrected chi connectivity index (χ0v) is 27.3. The molecular weight excluding hydrogens is 658 g/mol. The van der Waals surface area contributed by atoms with Gasteiger partial charge in [0, 0.05) is 33.9 Å². The van der Waals surface area contributed by atoms with Gasteiger partial charge in [0.15, 0.2) is 5.75 Å². The average molecular weight is 682 g/mol. The molecule has 5 aliphatic heterocycles. The first kappa shape index (κ1) is 28.4. The molecule has 0 atom stereocenters. The zero-order valence-electron chi connectivity index (χ0n) is 26.5. The van der Waals surface area contributed by atoms with Gasteiger partial charge in [-0.15, -0.1) is 0 Å². The van der Waals surface area contributed by atoms with Crippen molar-refractivity contribution in [2.75, 3.05) is 4.90 Å². The van der Waals surface area contributed by atoms with E-state index in [1.165, 1.54) is 17.8 Å². The molecule has 0 bridgehead atoms. The second-order valence-corrected chi connectivity index (χ2v) is 14.6. The molecule has 0 radical (unpaired) electrons. The van der Waals surface area contributed by atoms with Crippen LogP contribution in [0.25, 0.3) is 0 Å². The van der Waals surface area contributed by atoms with Gasteiger partial charge in [-0.25, -0.2) is 0 Å². The van der Waals surface area contributed by atoms with Crippen molar-refractivity contribution < 1.29 is 32.1 Å². The summed E-state index contributed by atoms with van der Waals surface area (Å²) in [6, 6.07) is 31.9. The minimum atomic E-state index is -4.65. The van der Waals surface area contributed by atoms with E-state index in [9.17, 15) is 13.2 Å². The van der Waals surface area contributed by atoms with E-state index in [0.29, 0.717) is 50.6 Å². The van der Waals surface area contributed by atoms with Crippen molar-refractivity contribution in [1.82, 2.24) is 0 Å². The van der Waals surface area contributed by atoms with Crippen molar-refractivity contribution in [2.45, 2.75) is 35.2 Å². The van der Waals surface area contributed by atoms with Gasteiger partial charge in [-0.05, 0) is 59.7 Å². The van der Waals surface area contributed by atoms with Gasteiger partial charge in [0.25, 0.3) is 6.71 Å². The third-order valence-corrected chi connectivity index (χ3v) is 11.6. The topological polar surface area (TPSA) is 40.2 Å². The summed E-state index contributed by atoms with van der Waals surface area (Å²) in [4.78, 5) is 3.19. The second-order valence-electron chi connectivity index (χ2n) is 13.5. The Hall–Kier alpha value is -5.48. The molecule has 0 amide bonds. The van der Waals surface area contributed by atoms with Crippen LogP contribution in [0.4, 0.5) is 30.2 Å². The summed E-state index contributed by atoms with van der Waals surface area (Å²) in [5, 5.41) is 0. The molecule has 0 saturated heterocycles. The summed E-state index contributed by atoms with van der Waals surface area (Å²) < 4.78 is 70.6. The van der Waals surface area contributed by atoms with E-state index in [4.69, 9.17) is 18.9 Å². The van der Waals surface area contributed by atoms with E-state index >= 15 is 0 Å². The number of rotatable bonds is 1. The number of anilines is 3. The maximum absolute atomic E-state index is 14.9. The van der Waals surface area contributed by atoms with Crippen LogP contribution in [0, 0.1) is 0 Å². The SMILES string of the molecule is CC1(C)c2ccccc2N(c2cc3c4c(c2)Oc2cccc5c2B4c2c(cccc2O3)O5)c2c1cc(C(F)(F)F)c1c2Sc2ccccc2O1. The lowest BCUT2D eigenvalue weighted by atomic mass is 9.34. The van der Waals surface area contributed by atoms with Gasteiger partial charge in [-0.2, -0.15) is 13.2 Å². The zero-order chi connectivity index (χ0) is 33.7. The summed E-state index contributed by atoms with van der Waals surface area (Å²) in [6.07, 6.45) is -4.65. The van der Waals surface area contributed by atoms with Crippen LogP contribution < -0.4 is 40.2 Å². The molecule has 5 aliphatic rings. The highest BCUT2D eigenvalue weighted by molar-refractivity contribution is 7.99. The van der Waals surface area contributed by atoms with E-state index in [2.05, 4.69) is 0 Å². The Labute approximate surface area is 289 Å². The predicted molar refractivity (Wildman–Crippen MR) is 187 cm³/mol. The number of halogens is 3. The summed E-state index contributed by atoms with van der Waals surface area (Å²) in [7, 11) is 0. The fraction of sp³-hybridized carbons (Fsp3) is 0.100. The standard InChI is InChI=1S/C40H23BF3NO4S/c1-39(2)21-9-3-4-10-24(21)45(36-22(39)19-23(40(42,43)44)37-38(36)50-32-16-6-5-11-25(32)49-37)20-17-30-35-31(18-20)48-29-15-8-13-27-34(29)41(35)33-26(46-27)12-7-14-28(33)47-30/h3-19H,1-2H3. The average Bonchev–Trinajstić information content (AvgIpc) is 3.10. The van der Waals surface area contributed by atoms with Crippen LogP contribution in [0.15, 0.2) is 113 Å². The van der Waals surface area contributed by atoms with Gasteiger partial charge >= 0.3 is 6.18 Å². The van der Waals surface area contributed by atoms with Crippen LogP contribution in [-0.4, -0.2) is 6.71 Å². The Balaban J connectivity index is 1.20. The number of fused-ring (bicyclic) bond motifs is 5. The Kier molecular flexibility index (Phi) is 5.33. The van der Waals surface area contributed by atoms with Crippen LogP contribution in [-0.2, 0) is 11.6 Å². The first-order chi connectivity index (χ1) is 24.2. The van der Waals surface area contributed by atoms with Gasteiger partial charge in [0.1, 0.15) is 40.2 Å². The van der Waals surface area contributed by atoms with Crippen LogP contribution in [0.2, 0.25) is 0 Å². The van der Waals surface area contributed by atoms with Crippen molar-refractivity contribution in [3.8, 4) is 46.0 Å². The number of hydrogen-bond acceptors (Lipinski definition) is 6. The Morgan fingerprint density at radius 3 is 1.84 bits per heavy atom. The highest BCUT2D eigenvalue weighted by atomic mass is 32.2. The highest BCUT2D eigenvalue weighted by Crippen LogP contribution is 2.63. The first-order valence-electron chi connectivity index (χ1n) is 16.3. The fourth-order valence-electron chi connectivity index (χ4n) is 8.24. The Morgan fingerprint density at radius 2 is 1.18 bits per heavy atom. The van der Waals surface area contributed by atoms with E-state index in [1.807, 2.05) is 104 Å². The van der Waals surface area contributed by atoms with Crippen LogP contribution in [0.1, 0.15) is 30.5 Å². The largest absolute Gasteiger partial charge is 0.458 e. The van der Waals surface area contributed by atoms with Gasteiger partial charge in [-0.1, -0.05) is 68.1 Å². The predicted octanol–water partition coefficient (Wildman–Crippen LogP) is 9.90. The molecular formula is C40H23BF3NO4S. The molecule has 0 spiro atoms. The molecule has 11 rings (SSSR count). The lowest BCUT2D eigenvalue weighted by Gasteiger charge is -2.44. The van der Waals surface area contributed by atoms with Crippen LogP contribution in [0.3, 0.4) is 0 Å². The quantitative estimate of drug-likeness (QED) is 0.161. The molecule has 0 aliphatic carbocycles. The lowest BCUT2D eigenvalue weighted by Crippen LogP contribution is -2.59. The molecule has 242 valence electrons. The number of hydrogen-bond donors (Lipinski definition) is 0. The van der Waals surface area contributed by atoms with E-state index in [0.717, 1.165) is 44.0 Å². The molecule has 6 aromatic rings. The normalized spacial score (nSPS) is 15.9. The van der Waals surface area contributed by atoms with Gasteiger partial charge in [0.2, 0.25) is 0 Å². The molecule has 0 N–H and O–H groups in total. The maximum atomic E-state index is 14.9. The maximum Gasteiger partial charge on any atom is 0.420 e. The van der Waals surface area contributed by atoms with Crippen molar-refractivity contribution in [1.29, 1.82) is 0 Å². The Bertz CT molecular complexity index is 2460. The number of ether oxygens (including phenoxy) is 4. The monoisotopic (exact) mass is 681 g/mol. The summed E-state index contributed by atoms with van der Waals surface area (Å²) in [5.74, 6) is 4.30. The third-order valence-electron chi connectivity index (χ3n) is 10.4. The van der Waals surface area contributed by atoms with Crippen molar-refractivity contribution in [3.63, 3.8) is 0 Å². The number of benzene rings is 6. The number of para-hydroxylation sites is 2. The van der Waals surface area contributed by atoms with E-state index in [1.54, 1.807) is 12.1 Å². The van der Waals surface area contributed by atoms with Crippen molar-refractivity contribution in [3.05, 3.63) is 120 Å². The second kappa shape index (κ2) is 9.40. The molecule has 0 saturated carbocycles. The molecule has 0 fully saturated rings. The van der Waals surface area contributed by atoms with Crippen molar-refractivity contribution in [2.24, 2.45) is 0 Å². The number of alkyl halides is 3. The lowest BCUT2D eigenvalue weighted by molar-refractivity contribution is -0.138. The minimum absolute atomic E-state index is 0.162. The Morgan fingerprint density at radius 1 is 0.620 bits per heavy atom. The molecule has 50 heavy (non-hydrogen) atoms. The van der Waals surface area contributed by atoms with E-state index in [-0.39, 0.29) is 12.5 Å². The molecule has 10 heteroatoms.